The summed E-state index contributed by atoms with van der Waals surface area (Å²) in [7, 11) is 0. The van der Waals surface area contributed by atoms with Crippen molar-refractivity contribution in [3.63, 3.8) is 0 Å². The fourth-order valence-electron chi connectivity index (χ4n) is 24.5. The molecule has 0 radical (unpaired) electrons. The zero-order valence-electron chi connectivity index (χ0n) is 82.2. The predicted octanol–water partition coefficient (Wildman–Crippen LogP) is 36.1. The van der Waals surface area contributed by atoms with Gasteiger partial charge in [0.25, 0.3) is 0 Å². The highest BCUT2D eigenvalue weighted by molar-refractivity contribution is 5.74. The van der Waals surface area contributed by atoms with Crippen LogP contribution < -0.4 is 29.4 Å². The molecule has 6 unspecified atom stereocenters. The molecule has 0 amide bonds. The molecule has 6 heterocycles. The van der Waals surface area contributed by atoms with Crippen LogP contribution in [-0.4, -0.2) is 37.4 Å². The molecule has 7 aromatic rings. The molecule has 136 heavy (non-hydrogen) atoms. The third-order valence-electron chi connectivity index (χ3n) is 32.2. The summed E-state index contributed by atoms with van der Waals surface area (Å²) in [4.78, 5) is 14.8. The molecule has 14 aliphatic rings. The number of allylic oxidation sites excluding steroid dienone is 11. The quantitative estimate of drug-likeness (QED) is 0.0981. The van der Waals surface area contributed by atoms with E-state index in [0.29, 0.717) is 47.3 Å². The lowest BCUT2D eigenvalue weighted by atomic mass is 9.87. The maximum atomic E-state index is 6.72. The Hall–Kier alpha value is -9.42. The first-order valence-electron chi connectivity index (χ1n) is 51.6. The van der Waals surface area contributed by atoms with Crippen molar-refractivity contribution < 1.29 is 28.4 Å². The van der Waals surface area contributed by atoms with Crippen LogP contribution in [-0.2, 0) is 28.4 Å². The Morgan fingerprint density at radius 3 is 0.610 bits per heavy atom. The zero-order valence-corrected chi connectivity index (χ0v) is 82.2. The molecule has 0 saturated heterocycles. The Morgan fingerprint density at radius 1 is 0.184 bits per heavy atom. The second-order valence-electron chi connectivity index (χ2n) is 40.9. The molecule has 12 nitrogen and oxygen atoms in total. The molecule has 6 aliphatic heterocycles. The molecule has 8 aliphatic carbocycles. The standard InChI is InChI=1S/C23H27NO.C22H31NO.C21H29NO.C18H25NO.2C17H23NO.6CH4/c1-17-11-9-10-16-21(17)24-18(2)22(19-12-5-3-6-13-19)25-23(24)20-14-7-4-8-15-20;1-16-10-6-9-15-20(16)23-17(2)21(18-11-4-3-5-12-18)24-22(23)19-13-7-8-14-19;1-15-9-3-8-14-19(15)22-16(2)20(17-10-4-5-11-17)23-21(22)18-12-6-7-13-18;1-13-9-7-8-12-17(13)19-14(2)15(3)20-18(19)16-10-5-4-6-11-16;2*1-12-8-4-7-11-16(12)18-13(2)14(3)19-17(18)15-9-5-6-10-15;;;;;;/h3,5-6,9-13,16,20,23H,4,7-8,14-15H2,1-2H3;6,9-10,15,18-19,22H,3-5,7-8,11-14H2,1-2H3;3,8-9,14,17-18,21H,4-7,10-13H2,1-2H3;7-9,12,16,18H,4-6,10-11H2,1-3H3;2*4,7-8,11,15,17H,5-6,9-10H2,1-3H3;6*1H4. The van der Waals surface area contributed by atoms with Gasteiger partial charge in [-0.05, 0) is 276 Å². The van der Waals surface area contributed by atoms with Gasteiger partial charge in [-0.3, -0.25) is 0 Å². The Morgan fingerprint density at radius 2 is 0.368 bits per heavy atom. The van der Waals surface area contributed by atoms with Crippen LogP contribution >= 0.6 is 0 Å². The molecular formula is C124H182N6O6. The van der Waals surface area contributed by atoms with Gasteiger partial charge in [0.2, 0.25) is 0 Å². The Bertz CT molecular complexity index is 5010. The number of rotatable bonds is 15. The average Bonchev–Trinajstić information content (AvgIpc) is 1.62. The van der Waals surface area contributed by atoms with Gasteiger partial charge < -0.3 is 57.8 Å². The summed E-state index contributed by atoms with van der Waals surface area (Å²) in [5, 5.41) is 0. The highest BCUT2D eigenvalue weighted by Crippen LogP contribution is 2.52. The summed E-state index contributed by atoms with van der Waals surface area (Å²) in [5.41, 5.74) is 24.8. The SMILES string of the molecule is C.C.C.C.C.C.CC1=C(C)N(c2ccccc2C)C(C2CCCC2)O1.CC1=C(C)N(c2ccccc2C)C(C2CCCC2)O1.CC1=C(C)N(c2ccccc2C)C(C2CCCCC2)O1.CC1=C(C2CCCC2)OC(C2CCCC2)N1c1ccccc1C.CC1=C(C2CCCCC2)OC(C2CCCC2)N1c1ccccc1C.CC1=C(c2ccccc2)OC(C2CCCCC2)N1c1ccccc1C. The summed E-state index contributed by atoms with van der Waals surface area (Å²) in [6, 6.07) is 62.7. The van der Waals surface area contributed by atoms with Gasteiger partial charge in [0.05, 0.1) is 34.2 Å². The lowest BCUT2D eigenvalue weighted by Gasteiger charge is -2.35. The highest BCUT2D eigenvalue weighted by Gasteiger charge is 2.47. The average molecular weight is 1850 g/mol. The fraction of sp³-hybridized carbons (Fsp3) is 0.565. The van der Waals surface area contributed by atoms with E-state index in [2.05, 4.69) is 309 Å². The normalized spacial score (nSPS) is 23.3. The molecule has 21 rings (SSSR count). The van der Waals surface area contributed by atoms with E-state index in [4.69, 9.17) is 28.4 Å². The number of nitrogens with zero attached hydrogens (tertiary/aromatic N) is 6. The van der Waals surface area contributed by atoms with Gasteiger partial charge in [0.1, 0.15) is 34.6 Å². The number of para-hydroxylation sites is 6. The number of hydrogen-bond acceptors (Lipinski definition) is 12. The van der Waals surface area contributed by atoms with Gasteiger partial charge in [-0.25, -0.2) is 0 Å². The van der Waals surface area contributed by atoms with Gasteiger partial charge in [-0.2, -0.15) is 0 Å². The van der Waals surface area contributed by atoms with E-state index in [-0.39, 0.29) is 81.9 Å². The van der Waals surface area contributed by atoms with E-state index in [0.717, 1.165) is 23.0 Å². The Kier molecular flexibility index (Phi) is 40.7. The summed E-state index contributed by atoms with van der Waals surface area (Å²) in [5.74, 6) is 12.2. The van der Waals surface area contributed by atoms with Crippen LogP contribution in [0.25, 0.3) is 5.76 Å². The van der Waals surface area contributed by atoms with Crippen LogP contribution in [0.4, 0.5) is 34.1 Å². The van der Waals surface area contributed by atoms with E-state index in [1.807, 2.05) is 0 Å². The first-order valence-corrected chi connectivity index (χ1v) is 51.6. The highest BCUT2D eigenvalue weighted by atomic mass is 16.5. The first-order chi connectivity index (χ1) is 63.3. The maximum absolute atomic E-state index is 6.72. The summed E-state index contributed by atoms with van der Waals surface area (Å²) in [6.45, 7) is 32.8. The van der Waals surface area contributed by atoms with Crippen LogP contribution in [0.1, 0.15) is 371 Å². The van der Waals surface area contributed by atoms with Gasteiger partial charge in [0.15, 0.2) is 37.4 Å². The molecule has 12 heteroatoms. The molecule has 8 fully saturated rings. The molecule has 744 valence electrons. The van der Waals surface area contributed by atoms with Crippen LogP contribution in [0.15, 0.2) is 239 Å². The minimum absolute atomic E-state index is 0. The second kappa shape index (κ2) is 51.0. The maximum Gasteiger partial charge on any atom is 0.179 e. The van der Waals surface area contributed by atoms with Crippen molar-refractivity contribution in [2.24, 2.45) is 47.3 Å². The first kappa shape index (κ1) is 109. The summed E-state index contributed by atoms with van der Waals surface area (Å²) in [6.07, 6.45) is 47.9. The van der Waals surface area contributed by atoms with E-state index >= 15 is 0 Å². The molecule has 0 spiro atoms. The zero-order chi connectivity index (χ0) is 90.5. The van der Waals surface area contributed by atoms with Crippen LogP contribution in [0, 0.1) is 88.9 Å². The van der Waals surface area contributed by atoms with Crippen molar-refractivity contribution >= 4 is 39.9 Å². The van der Waals surface area contributed by atoms with Crippen molar-refractivity contribution in [1.82, 2.24) is 0 Å². The minimum Gasteiger partial charge on any atom is -0.473 e. The number of aryl methyl sites for hydroxylation is 6. The Balaban J connectivity index is 0.000000168. The molecule has 8 saturated carbocycles. The van der Waals surface area contributed by atoms with Crippen molar-refractivity contribution in [3.05, 3.63) is 278 Å². The van der Waals surface area contributed by atoms with Crippen LogP contribution in [0.2, 0.25) is 0 Å². The van der Waals surface area contributed by atoms with Gasteiger partial charge in [-0.1, -0.05) is 306 Å². The largest absolute Gasteiger partial charge is 0.473 e. The van der Waals surface area contributed by atoms with Crippen molar-refractivity contribution in [1.29, 1.82) is 0 Å². The number of hydrogen-bond donors (Lipinski definition) is 0. The van der Waals surface area contributed by atoms with Crippen LogP contribution in [0.3, 0.4) is 0 Å². The van der Waals surface area contributed by atoms with Gasteiger partial charge in [0, 0.05) is 87.0 Å². The van der Waals surface area contributed by atoms with Crippen molar-refractivity contribution in [2.45, 2.75) is 411 Å². The van der Waals surface area contributed by atoms with E-state index < -0.39 is 0 Å². The fourth-order valence-corrected chi connectivity index (χ4v) is 24.5. The number of anilines is 6. The third kappa shape index (κ3) is 24.3. The molecular weight excluding hydrogens is 1670 g/mol. The van der Waals surface area contributed by atoms with E-state index in [1.54, 1.807) is 0 Å². The molecule has 0 aromatic heterocycles. The summed E-state index contributed by atoms with van der Waals surface area (Å²) >= 11 is 0. The number of benzene rings is 7. The second-order valence-corrected chi connectivity index (χ2v) is 40.9. The van der Waals surface area contributed by atoms with Crippen molar-refractivity contribution in [3.8, 4) is 0 Å². The number of ether oxygens (including phenoxy) is 6. The van der Waals surface area contributed by atoms with E-state index in [9.17, 15) is 0 Å². The molecule has 6 atom stereocenters. The van der Waals surface area contributed by atoms with Gasteiger partial charge in [-0.15, -0.1) is 0 Å². The minimum atomic E-state index is 0. The third-order valence-corrected chi connectivity index (χ3v) is 32.2. The van der Waals surface area contributed by atoms with Crippen molar-refractivity contribution in [2.75, 3.05) is 29.4 Å². The monoisotopic (exact) mass is 1850 g/mol. The lowest BCUT2D eigenvalue weighted by Crippen LogP contribution is -2.38. The summed E-state index contributed by atoms with van der Waals surface area (Å²) < 4.78 is 38.6. The van der Waals surface area contributed by atoms with E-state index in [1.165, 1.54) is 343 Å². The predicted molar refractivity (Wildman–Crippen MR) is 581 cm³/mol. The molecule has 0 bridgehead atoms. The topological polar surface area (TPSA) is 74.8 Å². The smallest absolute Gasteiger partial charge is 0.179 e. The molecule has 0 N–H and O–H groups in total. The Labute approximate surface area is 828 Å². The molecule has 7 aromatic carbocycles. The lowest BCUT2D eigenvalue weighted by molar-refractivity contribution is 0.0684. The van der Waals surface area contributed by atoms with Gasteiger partial charge >= 0.3 is 0 Å². The van der Waals surface area contributed by atoms with Crippen LogP contribution in [0.5, 0.6) is 0 Å².